The molecule has 0 aromatic heterocycles. The lowest BCUT2D eigenvalue weighted by Crippen LogP contribution is -2.52. The van der Waals surface area contributed by atoms with Gasteiger partial charge in [0.25, 0.3) is 0 Å². The van der Waals surface area contributed by atoms with Gasteiger partial charge in [0.05, 0.1) is 11.6 Å². The van der Waals surface area contributed by atoms with Crippen LogP contribution in [0.15, 0.2) is 54.6 Å². The maximum absolute atomic E-state index is 12.7. The van der Waals surface area contributed by atoms with Crippen molar-refractivity contribution in [3.8, 4) is 0 Å². The second-order valence-corrected chi connectivity index (χ2v) is 7.50. The molecule has 3 fully saturated rings. The van der Waals surface area contributed by atoms with Gasteiger partial charge in [-0.3, -0.25) is 4.90 Å². The molecule has 3 aliphatic heterocycles. The summed E-state index contributed by atoms with van der Waals surface area (Å²) in [6.45, 7) is 2.96. The fourth-order valence-corrected chi connectivity index (χ4v) is 4.19. The number of hydrogen-bond donors (Lipinski definition) is 2. The second kappa shape index (κ2) is 8.02. The highest BCUT2D eigenvalue weighted by atomic mass is 16.6. The van der Waals surface area contributed by atoms with Crippen LogP contribution in [0.25, 0.3) is 0 Å². The molecule has 2 bridgehead atoms. The molecule has 0 radical (unpaired) electrons. The van der Waals surface area contributed by atoms with Crippen LogP contribution in [0.1, 0.15) is 40.4 Å². The molecule has 2 aromatic rings. The van der Waals surface area contributed by atoms with Gasteiger partial charge < -0.3 is 15.2 Å². The first-order valence-electron chi connectivity index (χ1n) is 9.68. The van der Waals surface area contributed by atoms with Crippen LogP contribution in [0.2, 0.25) is 0 Å². The lowest BCUT2D eigenvalue weighted by Gasteiger charge is -2.43. The minimum absolute atomic E-state index is 0.0794. The zero-order valence-corrected chi connectivity index (χ0v) is 15.6. The van der Waals surface area contributed by atoms with E-state index >= 15 is 0 Å². The van der Waals surface area contributed by atoms with Crippen LogP contribution in [0, 0.1) is 5.92 Å². The lowest BCUT2D eigenvalue weighted by molar-refractivity contribution is -0.0336. The van der Waals surface area contributed by atoms with Gasteiger partial charge in [-0.2, -0.15) is 0 Å². The Balaban J connectivity index is 1.53. The van der Waals surface area contributed by atoms with E-state index in [2.05, 4.69) is 10.2 Å². The molecule has 6 heteroatoms. The van der Waals surface area contributed by atoms with Crippen molar-refractivity contribution in [1.82, 2.24) is 10.2 Å². The Bertz CT molecular complexity index is 847. The fraction of sp³-hybridized carbons (Fsp3) is 0.364. The van der Waals surface area contributed by atoms with Crippen LogP contribution in [0.5, 0.6) is 0 Å². The molecule has 3 aliphatic rings. The minimum Gasteiger partial charge on any atom is -0.478 e. The van der Waals surface area contributed by atoms with Gasteiger partial charge in [-0.1, -0.05) is 42.5 Å². The number of hydrogen-bond acceptors (Lipinski definition) is 4. The molecule has 0 saturated carbocycles. The first-order chi connectivity index (χ1) is 13.6. The number of benzene rings is 2. The van der Waals surface area contributed by atoms with Crippen molar-refractivity contribution in [2.45, 2.75) is 25.0 Å². The van der Waals surface area contributed by atoms with Gasteiger partial charge in [-0.25, -0.2) is 9.59 Å². The molecular formula is C22H24N2O4. The predicted molar refractivity (Wildman–Crippen MR) is 104 cm³/mol. The van der Waals surface area contributed by atoms with Crippen molar-refractivity contribution in [2.24, 2.45) is 5.92 Å². The van der Waals surface area contributed by atoms with E-state index in [1.165, 1.54) is 0 Å². The van der Waals surface area contributed by atoms with Crippen molar-refractivity contribution in [1.29, 1.82) is 0 Å². The van der Waals surface area contributed by atoms with Crippen molar-refractivity contribution in [2.75, 3.05) is 19.6 Å². The van der Waals surface area contributed by atoms with Crippen molar-refractivity contribution >= 4 is 12.1 Å². The Morgan fingerprint density at radius 1 is 1.04 bits per heavy atom. The fourth-order valence-electron chi connectivity index (χ4n) is 4.19. The summed E-state index contributed by atoms with van der Waals surface area (Å²) in [5.74, 6) is -0.565. The van der Waals surface area contributed by atoms with E-state index in [1.54, 1.807) is 18.2 Å². The Labute approximate surface area is 164 Å². The van der Waals surface area contributed by atoms with E-state index in [0.717, 1.165) is 38.0 Å². The number of ether oxygens (including phenoxy) is 1. The van der Waals surface area contributed by atoms with Crippen LogP contribution in [-0.2, 0) is 4.74 Å². The Kier molecular flexibility index (Phi) is 5.30. The Hall–Kier alpha value is -2.86. The molecular weight excluding hydrogens is 356 g/mol. The predicted octanol–water partition coefficient (Wildman–Crippen LogP) is 3.29. The largest absolute Gasteiger partial charge is 0.478 e. The average Bonchev–Trinajstić information content (AvgIpc) is 2.73. The number of rotatable bonds is 5. The summed E-state index contributed by atoms with van der Waals surface area (Å²) in [7, 11) is 0. The van der Waals surface area contributed by atoms with E-state index in [9.17, 15) is 14.7 Å². The standard InChI is InChI=1S/C22H24N2O4/c25-21(26)18-8-4-7-17(13-18)20(16-5-2-1-3-6-16)23-22(27)28-19-14-24-11-9-15(19)10-12-24/h1-8,13,15,19-20H,9-12,14H2,(H,23,27)(H,25,26)/t19-,20-/m0/s1. The summed E-state index contributed by atoms with van der Waals surface area (Å²) in [5.41, 5.74) is 1.76. The molecule has 3 heterocycles. The van der Waals surface area contributed by atoms with Gasteiger partial charge in [-0.05, 0) is 55.1 Å². The van der Waals surface area contributed by atoms with Gasteiger partial charge in [0.2, 0.25) is 0 Å². The van der Waals surface area contributed by atoms with E-state index in [1.807, 2.05) is 36.4 Å². The minimum atomic E-state index is -0.997. The SMILES string of the molecule is O=C(N[C@@H](c1ccccc1)c1cccc(C(=O)O)c1)O[C@H]1CN2CCC1CC2. The second-order valence-electron chi connectivity index (χ2n) is 7.50. The molecule has 28 heavy (non-hydrogen) atoms. The molecule has 0 unspecified atom stereocenters. The van der Waals surface area contributed by atoms with E-state index in [-0.39, 0.29) is 11.7 Å². The number of nitrogens with zero attached hydrogens (tertiary/aromatic N) is 1. The van der Waals surface area contributed by atoms with Crippen molar-refractivity contribution in [3.63, 3.8) is 0 Å². The first kappa shape index (κ1) is 18.5. The van der Waals surface area contributed by atoms with Crippen LogP contribution in [0.3, 0.4) is 0 Å². The number of fused-ring (bicyclic) bond motifs is 3. The summed E-state index contributed by atoms with van der Waals surface area (Å²) in [6.07, 6.45) is 1.60. The third-order valence-electron chi connectivity index (χ3n) is 5.72. The Morgan fingerprint density at radius 2 is 1.75 bits per heavy atom. The molecule has 2 N–H and O–H groups in total. The lowest BCUT2D eigenvalue weighted by atomic mass is 9.86. The molecule has 2 aromatic carbocycles. The number of carbonyl (C=O) groups excluding carboxylic acids is 1. The molecule has 0 aliphatic carbocycles. The van der Waals surface area contributed by atoms with Gasteiger partial charge >= 0.3 is 12.1 Å². The number of carbonyl (C=O) groups is 2. The summed E-state index contributed by atoms with van der Waals surface area (Å²) >= 11 is 0. The summed E-state index contributed by atoms with van der Waals surface area (Å²) < 4.78 is 5.77. The van der Waals surface area contributed by atoms with E-state index < -0.39 is 18.1 Å². The molecule has 1 amide bonds. The average molecular weight is 380 g/mol. The monoisotopic (exact) mass is 380 g/mol. The summed E-state index contributed by atoms with van der Waals surface area (Å²) in [6, 6.07) is 15.7. The quantitative estimate of drug-likeness (QED) is 0.832. The maximum Gasteiger partial charge on any atom is 0.408 e. The maximum atomic E-state index is 12.7. The zero-order chi connectivity index (χ0) is 19.5. The normalized spacial score (nSPS) is 24.4. The summed E-state index contributed by atoms with van der Waals surface area (Å²) in [5, 5.41) is 12.3. The van der Waals surface area contributed by atoms with E-state index in [4.69, 9.17) is 4.74 Å². The van der Waals surface area contributed by atoms with Crippen molar-refractivity contribution < 1.29 is 19.4 Å². The van der Waals surface area contributed by atoms with Crippen LogP contribution >= 0.6 is 0 Å². The smallest absolute Gasteiger partial charge is 0.408 e. The molecule has 0 spiro atoms. The number of carboxylic acid groups (broad SMARTS) is 1. The van der Waals surface area contributed by atoms with Gasteiger partial charge in [0.1, 0.15) is 6.10 Å². The molecule has 5 rings (SSSR count). The number of alkyl carbamates (subject to hydrolysis) is 1. The van der Waals surface area contributed by atoms with Crippen molar-refractivity contribution in [3.05, 3.63) is 71.3 Å². The molecule has 2 atom stereocenters. The highest BCUT2D eigenvalue weighted by Gasteiger charge is 2.36. The third-order valence-corrected chi connectivity index (χ3v) is 5.72. The van der Waals surface area contributed by atoms with Crippen LogP contribution in [-0.4, -0.2) is 47.8 Å². The van der Waals surface area contributed by atoms with Gasteiger partial charge in [0, 0.05) is 6.54 Å². The number of carboxylic acids is 1. The summed E-state index contributed by atoms with van der Waals surface area (Å²) in [4.78, 5) is 26.4. The highest BCUT2D eigenvalue weighted by molar-refractivity contribution is 5.87. The topological polar surface area (TPSA) is 78.9 Å². The van der Waals surface area contributed by atoms with Crippen LogP contribution < -0.4 is 5.32 Å². The molecule has 6 nitrogen and oxygen atoms in total. The third kappa shape index (κ3) is 4.02. The highest BCUT2D eigenvalue weighted by Crippen LogP contribution is 2.30. The number of piperidine rings is 3. The van der Waals surface area contributed by atoms with E-state index in [0.29, 0.717) is 11.5 Å². The first-order valence-corrected chi connectivity index (χ1v) is 9.68. The molecule has 146 valence electrons. The number of aromatic carboxylic acids is 1. The number of nitrogens with one attached hydrogen (secondary N) is 1. The molecule has 3 saturated heterocycles. The van der Waals surface area contributed by atoms with Gasteiger partial charge in [-0.15, -0.1) is 0 Å². The number of amides is 1. The van der Waals surface area contributed by atoms with Crippen LogP contribution in [0.4, 0.5) is 4.79 Å². The van der Waals surface area contributed by atoms with Gasteiger partial charge in [0.15, 0.2) is 0 Å². The zero-order valence-electron chi connectivity index (χ0n) is 15.6. The Morgan fingerprint density at radius 3 is 2.39 bits per heavy atom.